The number of hydrogen-bond donors (Lipinski definition) is 2. The molecular formula is C24H28N4O5S2. The molecule has 0 radical (unpaired) electrons. The number of carbonyl (C=O) groups is 2. The smallest absolute Gasteiger partial charge is 0.272 e. The maximum atomic E-state index is 13.1. The van der Waals surface area contributed by atoms with Gasteiger partial charge in [0, 0.05) is 25.6 Å². The van der Waals surface area contributed by atoms with E-state index in [-0.39, 0.29) is 42.4 Å². The number of hydrogen-bond acceptors (Lipinski definition) is 8. The van der Waals surface area contributed by atoms with Crippen LogP contribution in [0.2, 0.25) is 0 Å². The predicted molar refractivity (Wildman–Crippen MR) is 136 cm³/mol. The molecule has 2 N–H and O–H groups in total. The van der Waals surface area contributed by atoms with E-state index in [1.54, 1.807) is 10.6 Å². The number of benzene rings is 1. The number of aromatic nitrogens is 2. The first-order valence-corrected chi connectivity index (χ1v) is 13.4. The molecule has 0 spiro atoms. The number of nitrogens with one attached hydrogen (secondary N) is 2. The van der Waals surface area contributed by atoms with Crippen LogP contribution >= 0.6 is 23.1 Å². The van der Waals surface area contributed by atoms with Crippen LogP contribution in [0.3, 0.4) is 0 Å². The molecule has 35 heavy (non-hydrogen) atoms. The topological polar surface area (TPSA) is 112 Å². The Morgan fingerprint density at radius 1 is 1.23 bits per heavy atom. The first kappa shape index (κ1) is 25.1. The molecule has 0 saturated carbocycles. The molecule has 11 heteroatoms. The fourth-order valence-electron chi connectivity index (χ4n) is 3.52. The van der Waals surface area contributed by atoms with Gasteiger partial charge in [0.15, 0.2) is 16.7 Å². The van der Waals surface area contributed by atoms with Gasteiger partial charge in [0.2, 0.25) is 18.6 Å². The molecule has 186 valence electrons. The summed E-state index contributed by atoms with van der Waals surface area (Å²) in [6.07, 6.45) is 1.58. The molecule has 2 aromatic heterocycles. The van der Waals surface area contributed by atoms with Gasteiger partial charge in [-0.25, -0.2) is 4.98 Å². The van der Waals surface area contributed by atoms with Gasteiger partial charge in [-0.1, -0.05) is 24.8 Å². The highest BCUT2D eigenvalue weighted by Gasteiger charge is 2.16. The van der Waals surface area contributed by atoms with Crippen LogP contribution in [0.5, 0.6) is 11.5 Å². The number of amides is 2. The number of thiophene rings is 1. The number of carbonyl (C=O) groups excluding carboxylic acids is 2. The van der Waals surface area contributed by atoms with Crippen LogP contribution in [0, 0.1) is 0 Å². The van der Waals surface area contributed by atoms with E-state index in [4.69, 9.17) is 9.47 Å². The van der Waals surface area contributed by atoms with Crippen molar-refractivity contribution in [3.05, 3.63) is 45.6 Å². The van der Waals surface area contributed by atoms with E-state index in [0.717, 1.165) is 12.0 Å². The lowest BCUT2D eigenvalue weighted by Crippen LogP contribution is -2.33. The van der Waals surface area contributed by atoms with Crippen molar-refractivity contribution in [2.24, 2.45) is 0 Å². The van der Waals surface area contributed by atoms with E-state index in [0.29, 0.717) is 46.4 Å². The fraction of sp³-hybridized carbons (Fsp3) is 0.417. The van der Waals surface area contributed by atoms with Crippen molar-refractivity contribution < 1.29 is 19.1 Å². The summed E-state index contributed by atoms with van der Waals surface area (Å²) in [7, 11) is 0. The highest BCUT2D eigenvalue weighted by atomic mass is 32.2. The Balaban J connectivity index is 1.34. The first-order valence-electron chi connectivity index (χ1n) is 11.5. The second-order valence-electron chi connectivity index (χ2n) is 8.22. The van der Waals surface area contributed by atoms with Gasteiger partial charge in [-0.3, -0.25) is 19.0 Å². The van der Waals surface area contributed by atoms with Gasteiger partial charge in [0.25, 0.3) is 5.56 Å². The van der Waals surface area contributed by atoms with Gasteiger partial charge in [-0.05, 0) is 48.9 Å². The molecule has 4 rings (SSSR count). The molecule has 0 saturated heterocycles. The van der Waals surface area contributed by atoms with Crippen molar-refractivity contribution in [1.29, 1.82) is 0 Å². The summed E-state index contributed by atoms with van der Waals surface area (Å²) in [6, 6.07) is 7.46. The minimum atomic E-state index is -0.143. The molecular weight excluding hydrogens is 488 g/mol. The maximum absolute atomic E-state index is 13.1. The summed E-state index contributed by atoms with van der Waals surface area (Å²) in [5.74, 6) is 1.34. The quantitative estimate of drug-likeness (QED) is 0.297. The Morgan fingerprint density at radius 2 is 2.06 bits per heavy atom. The van der Waals surface area contributed by atoms with Crippen LogP contribution in [-0.2, 0) is 22.7 Å². The van der Waals surface area contributed by atoms with Crippen LogP contribution in [-0.4, -0.2) is 40.0 Å². The van der Waals surface area contributed by atoms with Crippen LogP contribution in [0.4, 0.5) is 0 Å². The third-order valence-electron chi connectivity index (χ3n) is 5.60. The number of thioether (sulfide) groups is 1. The molecule has 2 amide bonds. The monoisotopic (exact) mass is 516 g/mol. The van der Waals surface area contributed by atoms with Crippen molar-refractivity contribution in [2.45, 2.75) is 57.4 Å². The summed E-state index contributed by atoms with van der Waals surface area (Å²) in [4.78, 5) is 42.3. The Hall–Kier alpha value is -3.05. The molecule has 0 bridgehead atoms. The molecule has 1 aliphatic rings. The van der Waals surface area contributed by atoms with Gasteiger partial charge in [-0.2, -0.15) is 0 Å². The second kappa shape index (κ2) is 11.6. The van der Waals surface area contributed by atoms with E-state index in [1.807, 2.05) is 37.4 Å². The summed E-state index contributed by atoms with van der Waals surface area (Å²) in [5.41, 5.74) is 1.40. The van der Waals surface area contributed by atoms with Crippen molar-refractivity contribution in [1.82, 2.24) is 20.2 Å². The van der Waals surface area contributed by atoms with Crippen molar-refractivity contribution in [3.8, 4) is 11.5 Å². The van der Waals surface area contributed by atoms with E-state index in [2.05, 4.69) is 15.6 Å². The van der Waals surface area contributed by atoms with Crippen molar-refractivity contribution >= 4 is 45.1 Å². The van der Waals surface area contributed by atoms with Crippen LogP contribution < -0.4 is 25.7 Å². The molecule has 1 aliphatic heterocycles. The molecule has 9 nitrogen and oxygen atoms in total. The van der Waals surface area contributed by atoms with E-state index in [1.165, 1.54) is 23.1 Å². The van der Waals surface area contributed by atoms with Crippen molar-refractivity contribution in [3.63, 3.8) is 0 Å². The van der Waals surface area contributed by atoms with Crippen LogP contribution in [0.15, 0.2) is 39.6 Å². The zero-order valence-corrected chi connectivity index (χ0v) is 21.3. The second-order valence-corrected chi connectivity index (χ2v) is 10.1. The lowest BCUT2D eigenvalue weighted by Gasteiger charge is -2.14. The van der Waals surface area contributed by atoms with Crippen LogP contribution in [0.25, 0.3) is 10.2 Å². The first-order chi connectivity index (χ1) is 16.9. The van der Waals surface area contributed by atoms with E-state index >= 15 is 0 Å². The molecule has 0 fully saturated rings. The normalized spacial score (nSPS) is 13.1. The minimum Gasteiger partial charge on any atom is -0.454 e. The molecule has 1 atom stereocenters. The number of nitrogens with zero attached hydrogens (tertiary/aromatic N) is 2. The molecule has 0 unspecified atom stereocenters. The molecule has 3 heterocycles. The van der Waals surface area contributed by atoms with E-state index in [9.17, 15) is 14.4 Å². The zero-order valence-electron chi connectivity index (χ0n) is 19.7. The number of ether oxygens (including phenoxy) is 2. The van der Waals surface area contributed by atoms with Gasteiger partial charge in [0.1, 0.15) is 4.70 Å². The predicted octanol–water partition coefficient (Wildman–Crippen LogP) is 3.29. The molecule has 0 aliphatic carbocycles. The highest BCUT2D eigenvalue weighted by Crippen LogP contribution is 2.32. The summed E-state index contributed by atoms with van der Waals surface area (Å²) in [6.45, 7) is 4.88. The summed E-state index contributed by atoms with van der Waals surface area (Å²) < 4.78 is 12.8. The molecule has 3 aromatic rings. The maximum Gasteiger partial charge on any atom is 0.272 e. The Morgan fingerprint density at radius 3 is 2.89 bits per heavy atom. The van der Waals surface area contributed by atoms with Gasteiger partial charge < -0.3 is 20.1 Å². The minimum absolute atomic E-state index is 0.0915. The largest absolute Gasteiger partial charge is 0.454 e. The standard InChI is InChI=1S/C24H28N4O5S2/c1-3-15(2)26-21(30)13-35-24-27-17-8-10-34-22(17)23(31)28(24)9-4-5-20(29)25-12-16-6-7-18-19(11-16)33-14-32-18/h6-8,10-11,15H,3-5,9,12-14H2,1-2H3,(H,25,29)(H,26,30)/t15-/m1/s1. The number of rotatable bonds is 11. The number of fused-ring (bicyclic) bond motifs is 2. The van der Waals surface area contributed by atoms with Crippen molar-refractivity contribution in [2.75, 3.05) is 12.5 Å². The highest BCUT2D eigenvalue weighted by molar-refractivity contribution is 7.99. The lowest BCUT2D eigenvalue weighted by atomic mass is 10.2. The van der Waals surface area contributed by atoms with Gasteiger partial charge in [0.05, 0.1) is 11.3 Å². The Kier molecular flexibility index (Phi) is 8.29. The third kappa shape index (κ3) is 6.34. The Bertz CT molecular complexity index is 1270. The molecule has 1 aromatic carbocycles. The van der Waals surface area contributed by atoms with Gasteiger partial charge in [-0.15, -0.1) is 11.3 Å². The van der Waals surface area contributed by atoms with Gasteiger partial charge >= 0.3 is 0 Å². The zero-order chi connectivity index (χ0) is 24.8. The average molecular weight is 517 g/mol. The SMILES string of the molecule is CC[C@@H](C)NC(=O)CSc1nc2ccsc2c(=O)n1CCCC(=O)NCc1ccc2c(c1)OCO2. The van der Waals surface area contributed by atoms with E-state index < -0.39 is 0 Å². The lowest BCUT2D eigenvalue weighted by molar-refractivity contribution is -0.121. The summed E-state index contributed by atoms with van der Waals surface area (Å²) >= 11 is 2.58. The summed E-state index contributed by atoms with van der Waals surface area (Å²) in [5, 5.41) is 8.14. The fourth-order valence-corrected chi connectivity index (χ4v) is 5.13. The Labute approximate surface area is 211 Å². The third-order valence-corrected chi connectivity index (χ3v) is 7.46. The van der Waals surface area contributed by atoms with Crippen LogP contribution in [0.1, 0.15) is 38.7 Å². The average Bonchev–Trinajstić information content (AvgIpc) is 3.52.